The first-order chi connectivity index (χ1) is 14.2. The van der Waals surface area contributed by atoms with Gasteiger partial charge in [-0.1, -0.05) is 30.3 Å². The Bertz CT molecular complexity index is 702. The normalized spacial score (nSPS) is 16.6. The summed E-state index contributed by atoms with van der Waals surface area (Å²) in [5.74, 6) is -0.461. The zero-order valence-electron chi connectivity index (χ0n) is 18.1. The summed E-state index contributed by atoms with van der Waals surface area (Å²) in [5, 5.41) is 5.42. The van der Waals surface area contributed by atoms with Crippen molar-refractivity contribution in [2.24, 2.45) is 5.92 Å². The molecule has 1 aromatic carbocycles. The van der Waals surface area contributed by atoms with Crippen LogP contribution in [0.15, 0.2) is 30.3 Å². The molecular formula is C22H33N3O5. The molecule has 1 aliphatic rings. The van der Waals surface area contributed by atoms with Crippen LogP contribution in [0.3, 0.4) is 0 Å². The summed E-state index contributed by atoms with van der Waals surface area (Å²) >= 11 is 0. The SMILES string of the molecule is CC(C)(C)OC(=O)NCCNC(=O)C1CCCN(C(=O)COCc2ccccc2)C1. The Balaban J connectivity index is 1.66. The smallest absolute Gasteiger partial charge is 0.407 e. The topological polar surface area (TPSA) is 97.0 Å². The van der Waals surface area contributed by atoms with E-state index >= 15 is 0 Å². The highest BCUT2D eigenvalue weighted by Gasteiger charge is 2.28. The maximum Gasteiger partial charge on any atom is 0.407 e. The number of ether oxygens (including phenoxy) is 2. The lowest BCUT2D eigenvalue weighted by atomic mass is 9.97. The number of nitrogens with zero attached hydrogens (tertiary/aromatic N) is 1. The number of likely N-dealkylation sites (tertiary alicyclic amines) is 1. The van der Waals surface area contributed by atoms with Gasteiger partial charge in [0.25, 0.3) is 0 Å². The zero-order chi connectivity index (χ0) is 22.0. The molecule has 2 N–H and O–H groups in total. The number of benzene rings is 1. The van der Waals surface area contributed by atoms with Crippen molar-refractivity contribution in [1.29, 1.82) is 0 Å². The standard InChI is InChI=1S/C22H33N3O5/c1-22(2,3)30-21(28)24-12-11-23-20(27)18-10-7-13-25(14-18)19(26)16-29-15-17-8-5-4-6-9-17/h4-6,8-9,18H,7,10-16H2,1-3H3,(H,23,27)(H,24,28). The summed E-state index contributed by atoms with van der Waals surface area (Å²) in [4.78, 5) is 38.1. The molecule has 1 saturated heterocycles. The van der Waals surface area contributed by atoms with E-state index in [1.165, 1.54) is 0 Å². The third-order valence-electron chi connectivity index (χ3n) is 4.57. The van der Waals surface area contributed by atoms with Crippen molar-refractivity contribution in [3.8, 4) is 0 Å². The Morgan fingerprint density at radius 1 is 1.10 bits per heavy atom. The predicted octanol–water partition coefficient (Wildman–Crippen LogP) is 2.08. The van der Waals surface area contributed by atoms with Gasteiger partial charge in [-0.3, -0.25) is 9.59 Å². The second-order valence-corrected chi connectivity index (χ2v) is 8.38. The van der Waals surface area contributed by atoms with Crippen LogP contribution in [0.2, 0.25) is 0 Å². The first-order valence-electron chi connectivity index (χ1n) is 10.4. The summed E-state index contributed by atoms with van der Waals surface area (Å²) in [7, 11) is 0. The molecule has 0 saturated carbocycles. The van der Waals surface area contributed by atoms with Crippen molar-refractivity contribution >= 4 is 17.9 Å². The van der Waals surface area contributed by atoms with Crippen molar-refractivity contribution in [2.45, 2.75) is 45.8 Å². The molecular weight excluding hydrogens is 386 g/mol. The van der Waals surface area contributed by atoms with Gasteiger partial charge in [0, 0.05) is 26.2 Å². The number of hydrogen-bond donors (Lipinski definition) is 2. The van der Waals surface area contributed by atoms with Gasteiger partial charge >= 0.3 is 6.09 Å². The molecule has 0 aliphatic carbocycles. The van der Waals surface area contributed by atoms with Gasteiger partial charge in [-0.2, -0.15) is 0 Å². The van der Waals surface area contributed by atoms with Gasteiger partial charge in [0.15, 0.2) is 0 Å². The molecule has 2 rings (SSSR count). The van der Waals surface area contributed by atoms with Crippen LogP contribution in [0, 0.1) is 5.92 Å². The maximum absolute atomic E-state index is 12.4. The molecule has 1 aromatic rings. The van der Waals surface area contributed by atoms with Crippen LogP contribution >= 0.6 is 0 Å². The fourth-order valence-electron chi connectivity index (χ4n) is 3.15. The lowest BCUT2D eigenvalue weighted by molar-refractivity contribution is -0.140. The second kappa shape index (κ2) is 11.5. The van der Waals surface area contributed by atoms with E-state index in [1.807, 2.05) is 30.3 Å². The largest absolute Gasteiger partial charge is 0.444 e. The fourth-order valence-corrected chi connectivity index (χ4v) is 3.15. The molecule has 0 radical (unpaired) electrons. The first-order valence-corrected chi connectivity index (χ1v) is 10.4. The van der Waals surface area contributed by atoms with E-state index in [9.17, 15) is 14.4 Å². The van der Waals surface area contributed by atoms with Gasteiger partial charge in [-0.25, -0.2) is 4.79 Å². The molecule has 1 fully saturated rings. The van der Waals surface area contributed by atoms with Gasteiger partial charge in [0.05, 0.1) is 12.5 Å². The Kier molecular flexibility index (Phi) is 9.11. The minimum absolute atomic E-state index is 0.00302. The van der Waals surface area contributed by atoms with Crippen molar-refractivity contribution < 1.29 is 23.9 Å². The van der Waals surface area contributed by atoms with E-state index in [1.54, 1.807) is 25.7 Å². The number of hydrogen-bond acceptors (Lipinski definition) is 5. The number of nitrogens with one attached hydrogen (secondary N) is 2. The van der Waals surface area contributed by atoms with E-state index in [0.717, 1.165) is 18.4 Å². The second-order valence-electron chi connectivity index (χ2n) is 8.38. The number of carbonyl (C=O) groups excluding carboxylic acids is 3. The molecule has 1 aliphatic heterocycles. The van der Waals surface area contributed by atoms with Gasteiger partial charge in [0.2, 0.25) is 11.8 Å². The first kappa shape index (κ1) is 23.7. The summed E-state index contributed by atoms with van der Waals surface area (Å²) in [6.45, 7) is 7.37. The van der Waals surface area contributed by atoms with Crippen molar-refractivity contribution in [2.75, 3.05) is 32.8 Å². The molecule has 166 valence electrons. The maximum atomic E-state index is 12.4. The third-order valence-corrected chi connectivity index (χ3v) is 4.57. The molecule has 0 bridgehead atoms. The van der Waals surface area contributed by atoms with E-state index in [2.05, 4.69) is 10.6 Å². The molecule has 1 unspecified atom stereocenters. The summed E-state index contributed by atoms with van der Waals surface area (Å²) in [6.07, 6.45) is 1.00. The quantitative estimate of drug-likeness (QED) is 0.629. The highest BCUT2D eigenvalue weighted by atomic mass is 16.6. The molecule has 3 amide bonds. The van der Waals surface area contributed by atoms with Crippen molar-refractivity contribution in [3.63, 3.8) is 0 Å². The molecule has 8 nitrogen and oxygen atoms in total. The Morgan fingerprint density at radius 2 is 1.80 bits per heavy atom. The Labute approximate surface area is 178 Å². The van der Waals surface area contributed by atoms with Crippen LogP contribution in [0.25, 0.3) is 0 Å². The minimum atomic E-state index is -0.559. The zero-order valence-corrected chi connectivity index (χ0v) is 18.1. The summed E-state index contributed by atoms with van der Waals surface area (Å²) in [5.41, 5.74) is 0.456. The fraction of sp³-hybridized carbons (Fsp3) is 0.591. The van der Waals surface area contributed by atoms with E-state index < -0.39 is 11.7 Å². The van der Waals surface area contributed by atoms with Crippen LogP contribution in [0.4, 0.5) is 4.79 Å². The van der Waals surface area contributed by atoms with E-state index in [-0.39, 0.29) is 30.9 Å². The lowest BCUT2D eigenvalue weighted by Crippen LogP contribution is -2.47. The lowest BCUT2D eigenvalue weighted by Gasteiger charge is -2.32. The minimum Gasteiger partial charge on any atom is -0.444 e. The molecule has 8 heteroatoms. The van der Waals surface area contributed by atoms with Crippen LogP contribution < -0.4 is 10.6 Å². The molecule has 30 heavy (non-hydrogen) atoms. The van der Waals surface area contributed by atoms with Gasteiger partial charge in [0.1, 0.15) is 12.2 Å². The average Bonchev–Trinajstić information content (AvgIpc) is 2.70. The Hall–Kier alpha value is -2.61. The van der Waals surface area contributed by atoms with E-state index in [0.29, 0.717) is 26.2 Å². The number of piperidine rings is 1. The van der Waals surface area contributed by atoms with Crippen molar-refractivity contribution in [1.82, 2.24) is 15.5 Å². The number of carbonyl (C=O) groups is 3. The highest BCUT2D eigenvalue weighted by molar-refractivity contribution is 5.81. The molecule has 1 atom stereocenters. The summed E-state index contributed by atoms with van der Waals surface area (Å²) in [6, 6.07) is 9.68. The molecule has 1 heterocycles. The predicted molar refractivity (Wildman–Crippen MR) is 113 cm³/mol. The third kappa shape index (κ3) is 8.82. The highest BCUT2D eigenvalue weighted by Crippen LogP contribution is 2.17. The summed E-state index contributed by atoms with van der Waals surface area (Å²) < 4.78 is 10.7. The van der Waals surface area contributed by atoms with Crippen molar-refractivity contribution in [3.05, 3.63) is 35.9 Å². The van der Waals surface area contributed by atoms with Crippen LogP contribution in [-0.4, -0.2) is 61.2 Å². The number of rotatable bonds is 8. The van der Waals surface area contributed by atoms with Gasteiger partial charge < -0.3 is 25.0 Å². The van der Waals surface area contributed by atoms with Gasteiger partial charge in [-0.05, 0) is 39.2 Å². The van der Waals surface area contributed by atoms with Crippen LogP contribution in [0.1, 0.15) is 39.2 Å². The average molecular weight is 420 g/mol. The van der Waals surface area contributed by atoms with E-state index in [4.69, 9.17) is 9.47 Å². The number of amides is 3. The molecule has 0 aromatic heterocycles. The monoisotopic (exact) mass is 419 g/mol. The van der Waals surface area contributed by atoms with Crippen LogP contribution in [0.5, 0.6) is 0 Å². The van der Waals surface area contributed by atoms with Gasteiger partial charge in [-0.15, -0.1) is 0 Å². The van der Waals surface area contributed by atoms with Crippen LogP contribution in [-0.2, 0) is 25.7 Å². The number of alkyl carbamates (subject to hydrolysis) is 1. The Morgan fingerprint density at radius 3 is 2.50 bits per heavy atom. The molecule has 0 spiro atoms.